The van der Waals surface area contributed by atoms with E-state index < -0.39 is 22.5 Å². The molecule has 1 spiro atoms. The Morgan fingerprint density at radius 3 is 2.46 bits per heavy atom. The van der Waals surface area contributed by atoms with Gasteiger partial charge in [-0.15, -0.1) is 0 Å². The number of hydrogen-bond donors (Lipinski definition) is 1. The number of esters is 2. The van der Waals surface area contributed by atoms with Crippen LogP contribution < -0.4 is 0 Å². The molecular weight excluding hydrogens is 508 g/mol. The standard InChI is InChI=1S/C25H34O7.3H2S/c1-22-8-5-15(26)11-14(22)12-16(21(28)31-4)20-17-6-9-24(29,10-7-19(27)30-3)23(17,2)13-18-25(20,22)32-18;;;/h11,16-18,20,29H,5-10,12-13H2,1-4H3;3*1H2/t16-,17+,18?,20+,22+,23+,24-,25-;;;/m1.../s1. The number of carbonyl (C=O) groups excluding carboxylic acids is 3. The minimum atomic E-state index is -1.01. The van der Waals surface area contributed by atoms with Crippen molar-refractivity contribution in [3.05, 3.63) is 11.6 Å². The summed E-state index contributed by atoms with van der Waals surface area (Å²) in [5.41, 5.74) is -1.23. The van der Waals surface area contributed by atoms with E-state index in [2.05, 4.69) is 13.8 Å². The lowest BCUT2D eigenvalue weighted by Gasteiger charge is -2.58. The molecule has 0 radical (unpaired) electrons. The van der Waals surface area contributed by atoms with Crippen molar-refractivity contribution in [2.45, 2.75) is 82.5 Å². The van der Waals surface area contributed by atoms with Crippen molar-refractivity contribution >= 4 is 58.2 Å². The Kier molecular flexibility index (Phi) is 8.63. The molecule has 10 heteroatoms. The first-order chi connectivity index (χ1) is 15.1. The Morgan fingerprint density at radius 1 is 1.14 bits per heavy atom. The van der Waals surface area contributed by atoms with Gasteiger partial charge < -0.3 is 19.3 Å². The third-order valence-electron chi connectivity index (χ3n) is 10.2. The number of ether oxygens (including phenoxy) is 3. The summed E-state index contributed by atoms with van der Waals surface area (Å²) in [6.07, 6.45) is 5.98. The zero-order chi connectivity index (χ0) is 23.1. The fourth-order valence-corrected chi connectivity index (χ4v) is 8.32. The van der Waals surface area contributed by atoms with Crippen LogP contribution in [0, 0.1) is 28.6 Å². The normalized spacial score (nSPS) is 44.4. The molecule has 4 aliphatic carbocycles. The topological polar surface area (TPSA) is 102 Å². The monoisotopic (exact) mass is 548 g/mol. The van der Waals surface area contributed by atoms with Gasteiger partial charge in [-0.3, -0.25) is 14.4 Å². The first kappa shape index (κ1) is 30.5. The first-order valence-corrected chi connectivity index (χ1v) is 11.8. The van der Waals surface area contributed by atoms with E-state index in [-0.39, 0.29) is 88.0 Å². The third kappa shape index (κ3) is 3.92. The Hall–Kier alpha value is -0.680. The number of fused-ring (bicyclic) bond motifs is 3. The second-order valence-electron chi connectivity index (χ2n) is 11.1. The molecule has 5 rings (SSSR count). The molecule has 1 saturated heterocycles. The van der Waals surface area contributed by atoms with Crippen molar-refractivity contribution in [1.29, 1.82) is 0 Å². The molecular formula is C25H40O7S3. The van der Waals surface area contributed by atoms with Crippen LogP contribution in [-0.4, -0.2) is 54.4 Å². The van der Waals surface area contributed by atoms with Gasteiger partial charge in [0.05, 0.1) is 31.8 Å². The zero-order valence-electron chi connectivity index (χ0n) is 20.9. The average molecular weight is 549 g/mol. The molecule has 5 aliphatic rings. The maximum atomic E-state index is 13.0. The molecule has 1 N–H and O–H groups in total. The minimum Gasteiger partial charge on any atom is -0.469 e. The Bertz CT molecular complexity index is 925. The molecule has 8 atom stereocenters. The van der Waals surface area contributed by atoms with Crippen molar-refractivity contribution in [3.8, 4) is 0 Å². The van der Waals surface area contributed by atoms with Crippen molar-refractivity contribution < 1.29 is 33.7 Å². The largest absolute Gasteiger partial charge is 0.469 e. The number of ketones is 1. The molecule has 1 heterocycles. The number of epoxide rings is 1. The molecule has 3 saturated carbocycles. The second kappa shape index (κ2) is 9.89. The highest BCUT2D eigenvalue weighted by Gasteiger charge is 2.82. The Labute approximate surface area is 228 Å². The van der Waals surface area contributed by atoms with Gasteiger partial charge in [0.1, 0.15) is 5.60 Å². The molecule has 1 aliphatic heterocycles. The third-order valence-corrected chi connectivity index (χ3v) is 10.2. The van der Waals surface area contributed by atoms with Crippen LogP contribution in [0.2, 0.25) is 0 Å². The molecule has 35 heavy (non-hydrogen) atoms. The number of methoxy groups -OCH3 is 2. The summed E-state index contributed by atoms with van der Waals surface area (Å²) in [6, 6.07) is 0. The number of carbonyl (C=O) groups is 3. The molecule has 7 nitrogen and oxygen atoms in total. The molecule has 0 aromatic carbocycles. The summed E-state index contributed by atoms with van der Waals surface area (Å²) < 4.78 is 16.6. The second-order valence-corrected chi connectivity index (χ2v) is 11.1. The van der Waals surface area contributed by atoms with Crippen molar-refractivity contribution in [2.24, 2.45) is 28.6 Å². The molecule has 4 fully saturated rings. The van der Waals surface area contributed by atoms with Gasteiger partial charge in [-0.1, -0.05) is 19.4 Å². The minimum absolute atomic E-state index is 0. The van der Waals surface area contributed by atoms with Crippen LogP contribution in [0.3, 0.4) is 0 Å². The van der Waals surface area contributed by atoms with Crippen LogP contribution in [0.1, 0.15) is 65.2 Å². The lowest BCUT2D eigenvalue weighted by atomic mass is 9.43. The van der Waals surface area contributed by atoms with Gasteiger partial charge in [0.2, 0.25) is 0 Å². The van der Waals surface area contributed by atoms with Gasteiger partial charge in [-0.05, 0) is 50.5 Å². The lowest BCUT2D eigenvalue weighted by Crippen LogP contribution is -2.63. The highest BCUT2D eigenvalue weighted by Crippen LogP contribution is 2.77. The van der Waals surface area contributed by atoms with Crippen LogP contribution in [0.5, 0.6) is 0 Å². The summed E-state index contributed by atoms with van der Waals surface area (Å²) >= 11 is 0. The summed E-state index contributed by atoms with van der Waals surface area (Å²) in [7, 11) is 2.78. The van der Waals surface area contributed by atoms with E-state index >= 15 is 0 Å². The number of hydrogen-bond acceptors (Lipinski definition) is 7. The quantitative estimate of drug-likeness (QED) is 0.425. The van der Waals surface area contributed by atoms with Gasteiger partial charge in [0, 0.05) is 29.6 Å². The molecule has 0 bridgehead atoms. The zero-order valence-corrected chi connectivity index (χ0v) is 23.9. The van der Waals surface area contributed by atoms with Gasteiger partial charge in [0.15, 0.2) is 5.78 Å². The van der Waals surface area contributed by atoms with E-state index in [9.17, 15) is 19.5 Å². The van der Waals surface area contributed by atoms with Gasteiger partial charge in [-0.2, -0.15) is 40.5 Å². The average Bonchev–Trinajstić information content (AvgIpc) is 3.43. The van der Waals surface area contributed by atoms with Crippen LogP contribution >= 0.6 is 40.5 Å². The fourth-order valence-electron chi connectivity index (χ4n) is 8.32. The van der Waals surface area contributed by atoms with Crippen LogP contribution in [0.15, 0.2) is 11.6 Å². The van der Waals surface area contributed by atoms with Crippen LogP contribution in [0.25, 0.3) is 0 Å². The Balaban J connectivity index is 0.00000144. The van der Waals surface area contributed by atoms with E-state index in [1.807, 2.05) is 0 Å². The summed E-state index contributed by atoms with van der Waals surface area (Å²) in [6.45, 7) is 4.31. The van der Waals surface area contributed by atoms with Gasteiger partial charge in [-0.25, -0.2) is 0 Å². The van der Waals surface area contributed by atoms with Crippen molar-refractivity contribution in [1.82, 2.24) is 0 Å². The van der Waals surface area contributed by atoms with Crippen molar-refractivity contribution in [3.63, 3.8) is 0 Å². The van der Waals surface area contributed by atoms with Crippen LogP contribution in [0.4, 0.5) is 0 Å². The van der Waals surface area contributed by atoms with Gasteiger partial charge in [0.25, 0.3) is 0 Å². The number of rotatable bonds is 4. The Morgan fingerprint density at radius 2 is 1.83 bits per heavy atom. The first-order valence-electron chi connectivity index (χ1n) is 11.8. The maximum Gasteiger partial charge on any atom is 0.309 e. The molecule has 0 aromatic rings. The fraction of sp³-hybridized carbons (Fsp3) is 0.800. The lowest BCUT2D eigenvalue weighted by molar-refractivity contribution is -0.163. The van der Waals surface area contributed by atoms with E-state index in [0.29, 0.717) is 32.1 Å². The molecule has 0 aromatic heterocycles. The van der Waals surface area contributed by atoms with E-state index in [0.717, 1.165) is 18.4 Å². The number of aliphatic hydroxyl groups is 1. The highest BCUT2D eigenvalue weighted by atomic mass is 32.1. The van der Waals surface area contributed by atoms with Crippen molar-refractivity contribution in [2.75, 3.05) is 14.2 Å². The van der Waals surface area contributed by atoms with E-state index in [1.165, 1.54) is 14.2 Å². The SMILES string of the molecule is COC(=O)CC[C@]1(O)CC[C@H]2[C@@H]3[C@H](C(=O)OC)CC4=CC(=O)CC[C@]4(C)[C@]34OC4C[C@@]21C.S.S.S. The summed E-state index contributed by atoms with van der Waals surface area (Å²) in [5, 5.41) is 11.8. The molecule has 1 unspecified atom stereocenters. The van der Waals surface area contributed by atoms with Crippen LogP contribution in [-0.2, 0) is 28.6 Å². The van der Waals surface area contributed by atoms with Gasteiger partial charge >= 0.3 is 11.9 Å². The van der Waals surface area contributed by atoms with E-state index in [4.69, 9.17) is 14.2 Å². The summed E-state index contributed by atoms with van der Waals surface area (Å²) in [5.74, 6) is -0.878. The highest BCUT2D eigenvalue weighted by molar-refractivity contribution is 7.59. The predicted octanol–water partition coefficient (Wildman–Crippen LogP) is 3.07. The molecule has 200 valence electrons. The summed E-state index contributed by atoms with van der Waals surface area (Å²) in [4.78, 5) is 37.1. The predicted molar refractivity (Wildman–Crippen MR) is 144 cm³/mol. The molecule has 0 amide bonds. The van der Waals surface area contributed by atoms with E-state index in [1.54, 1.807) is 6.08 Å². The maximum absolute atomic E-state index is 13.0. The smallest absolute Gasteiger partial charge is 0.309 e.